The van der Waals surface area contributed by atoms with Gasteiger partial charge in [-0.15, -0.1) is 0 Å². The lowest BCUT2D eigenvalue weighted by Crippen LogP contribution is -2.59. The van der Waals surface area contributed by atoms with Crippen LogP contribution in [0.1, 0.15) is 23.6 Å². The number of ether oxygens (including phenoxy) is 5. The van der Waals surface area contributed by atoms with Gasteiger partial charge in [-0.3, -0.25) is 0 Å². The van der Waals surface area contributed by atoms with Crippen molar-refractivity contribution in [3.8, 4) is 0 Å². The van der Waals surface area contributed by atoms with Crippen LogP contribution in [0, 0.1) is 0 Å². The zero-order valence-electron chi connectivity index (χ0n) is 25.0. The van der Waals surface area contributed by atoms with E-state index in [1.807, 2.05) is 97.9 Å². The molecule has 1 aliphatic carbocycles. The normalized spacial score (nSPS) is 35.1. The van der Waals surface area contributed by atoms with Crippen LogP contribution in [-0.2, 0) is 43.5 Å². The van der Waals surface area contributed by atoms with Crippen molar-refractivity contribution in [3.63, 3.8) is 0 Å². The van der Waals surface area contributed by atoms with Crippen LogP contribution in [0.3, 0.4) is 0 Å². The third-order valence-corrected chi connectivity index (χ3v) is 8.67. The van der Waals surface area contributed by atoms with Gasteiger partial charge in [-0.05, 0) is 23.6 Å². The molecule has 3 aromatic carbocycles. The van der Waals surface area contributed by atoms with Gasteiger partial charge in [-0.1, -0.05) is 91.0 Å². The highest BCUT2D eigenvalue weighted by atomic mass is 16.6. The van der Waals surface area contributed by atoms with E-state index in [1.165, 1.54) is 0 Å². The van der Waals surface area contributed by atoms with E-state index in [0.29, 0.717) is 13.2 Å². The van der Waals surface area contributed by atoms with E-state index in [1.54, 1.807) is 0 Å². The number of nitrogens with zero attached hydrogens (tertiary/aromatic N) is 1. The molecule has 3 fully saturated rings. The van der Waals surface area contributed by atoms with Crippen molar-refractivity contribution in [1.82, 2.24) is 5.32 Å². The van der Waals surface area contributed by atoms with Crippen LogP contribution < -0.4 is 5.32 Å². The average Bonchev–Trinajstić information content (AvgIpc) is 3.57. The Labute approximate surface area is 262 Å². The Morgan fingerprint density at radius 1 is 0.756 bits per heavy atom. The number of nitrogens with one attached hydrogen (secondary N) is 1. The van der Waals surface area contributed by atoms with Crippen molar-refractivity contribution in [2.24, 2.45) is 4.99 Å². The van der Waals surface area contributed by atoms with E-state index < -0.39 is 67.2 Å². The molecule has 45 heavy (non-hydrogen) atoms. The van der Waals surface area contributed by atoms with Gasteiger partial charge in [-0.25, -0.2) is 4.99 Å². The highest BCUT2D eigenvalue weighted by Gasteiger charge is 2.64. The van der Waals surface area contributed by atoms with E-state index in [-0.39, 0.29) is 12.6 Å². The average molecular weight is 621 g/mol. The summed E-state index contributed by atoms with van der Waals surface area (Å²) in [6.45, 7) is 1.98. The minimum atomic E-state index is -2.02. The minimum Gasteiger partial charge on any atom is -0.457 e. The maximum atomic E-state index is 10.9. The summed E-state index contributed by atoms with van der Waals surface area (Å²) < 4.78 is 31.8. The topological polar surface area (TPSA) is 151 Å². The lowest BCUT2D eigenvalue weighted by atomic mass is 9.96. The van der Waals surface area contributed by atoms with Gasteiger partial charge in [0.2, 0.25) is 0 Å². The molecule has 0 aromatic heterocycles. The zero-order chi connectivity index (χ0) is 31.4. The number of aliphatic imine (C=N–C) groups is 1. The van der Waals surface area contributed by atoms with Crippen molar-refractivity contribution in [1.29, 1.82) is 0 Å². The smallest absolute Gasteiger partial charge is 0.288 e. The van der Waals surface area contributed by atoms with Gasteiger partial charge in [0, 0.05) is 0 Å². The number of aliphatic hydroxyl groups is 4. The molecule has 240 valence electrons. The standard InChI is InChI=1S/C34H40N2O9/c1-21-26(41-17-22-11-5-2-6-12-22)28(42-18-23-13-7-3-8-14-23)29(43-19-24-15-9-4-10-16-24)32(44-21)36-33-35-30-27(45-33)25(38)31(39)34(30,40)20-37/h2-16,21,25-32,37-40H,17-20H2,1H3,(H,35,36)/t21-,25-,26-,27-,28+,29-,30-,31+,32+,34+/m1/s1. The lowest BCUT2D eigenvalue weighted by molar-refractivity contribution is -0.259. The van der Waals surface area contributed by atoms with Crippen LogP contribution >= 0.6 is 0 Å². The molecule has 0 amide bonds. The largest absolute Gasteiger partial charge is 0.457 e. The molecule has 0 bridgehead atoms. The highest BCUT2D eigenvalue weighted by Crippen LogP contribution is 2.37. The van der Waals surface area contributed by atoms with E-state index in [4.69, 9.17) is 28.7 Å². The summed E-state index contributed by atoms with van der Waals surface area (Å²) in [4.78, 5) is 4.69. The Morgan fingerprint density at radius 3 is 1.76 bits per heavy atom. The Morgan fingerprint density at radius 2 is 1.24 bits per heavy atom. The fraction of sp³-hybridized carbons (Fsp3) is 0.441. The van der Waals surface area contributed by atoms with Gasteiger partial charge in [0.15, 0.2) is 12.3 Å². The Balaban J connectivity index is 1.29. The monoisotopic (exact) mass is 620 g/mol. The molecule has 2 heterocycles. The number of hydrogen-bond acceptors (Lipinski definition) is 10. The molecule has 1 saturated carbocycles. The number of fused-ring (bicyclic) bond motifs is 1. The number of hydrogen-bond donors (Lipinski definition) is 5. The van der Waals surface area contributed by atoms with Crippen molar-refractivity contribution in [3.05, 3.63) is 108 Å². The van der Waals surface area contributed by atoms with E-state index >= 15 is 0 Å². The zero-order valence-corrected chi connectivity index (χ0v) is 25.0. The molecule has 10 atom stereocenters. The summed E-state index contributed by atoms with van der Waals surface area (Å²) >= 11 is 0. The Kier molecular flexibility index (Phi) is 9.78. The number of benzene rings is 3. The SMILES string of the molecule is C[C@H]1O[C@H](/N=C2/N[C@@H]3[C@H](O2)[C@@H](O)[C@H](O)[C@]3(O)CO)[C@H](OCc2ccccc2)[C@@H](OCc2ccccc2)[C@@H]1OCc1ccccc1. The van der Waals surface area contributed by atoms with Crippen LogP contribution in [0.15, 0.2) is 96.0 Å². The number of aliphatic hydroxyl groups excluding tert-OH is 3. The predicted octanol–water partition coefficient (Wildman–Crippen LogP) is 1.66. The second-order valence-corrected chi connectivity index (χ2v) is 11.7. The van der Waals surface area contributed by atoms with Crippen LogP contribution in [0.25, 0.3) is 0 Å². The van der Waals surface area contributed by atoms with Crippen molar-refractivity contribution >= 4 is 6.02 Å². The first-order chi connectivity index (χ1) is 21.9. The molecular weight excluding hydrogens is 580 g/mol. The van der Waals surface area contributed by atoms with Crippen molar-refractivity contribution in [2.45, 2.75) is 87.3 Å². The molecule has 2 saturated heterocycles. The lowest BCUT2D eigenvalue weighted by Gasteiger charge is -2.44. The van der Waals surface area contributed by atoms with Gasteiger partial charge in [0.25, 0.3) is 6.02 Å². The second kappa shape index (κ2) is 13.9. The Hall–Kier alpha value is -3.39. The van der Waals surface area contributed by atoms with E-state index in [0.717, 1.165) is 16.7 Å². The molecular formula is C34H40N2O9. The van der Waals surface area contributed by atoms with Crippen LogP contribution in [0.2, 0.25) is 0 Å². The van der Waals surface area contributed by atoms with Gasteiger partial charge in [0.1, 0.15) is 42.2 Å². The fourth-order valence-corrected chi connectivity index (χ4v) is 6.15. The van der Waals surface area contributed by atoms with Gasteiger partial charge in [-0.2, -0.15) is 0 Å². The van der Waals surface area contributed by atoms with Crippen molar-refractivity contribution in [2.75, 3.05) is 6.61 Å². The Bertz CT molecular complexity index is 1400. The quantitative estimate of drug-likeness (QED) is 0.214. The van der Waals surface area contributed by atoms with Crippen LogP contribution in [0.4, 0.5) is 0 Å². The summed E-state index contributed by atoms with van der Waals surface area (Å²) in [7, 11) is 0. The molecule has 11 heteroatoms. The fourth-order valence-electron chi connectivity index (χ4n) is 6.15. The van der Waals surface area contributed by atoms with Gasteiger partial charge >= 0.3 is 0 Å². The first-order valence-corrected chi connectivity index (χ1v) is 15.2. The molecule has 6 rings (SSSR count). The van der Waals surface area contributed by atoms with Gasteiger partial charge in [0.05, 0.1) is 32.5 Å². The first kappa shape index (κ1) is 31.6. The maximum absolute atomic E-state index is 10.9. The summed E-state index contributed by atoms with van der Waals surface area (Å²) in [5, 5.41) is 44.5. The predicted molar refractivity (Wildman–Crippen MR) is 163 cm³/mol. The molecule has 3 aromatic rings. The molecule has 0 unspecified atom stereocenters. The molecule has 3 aliphatic rings. The third kappa shape index (κ3) is 6.76. The third-order valence-electron chi connectivity index (χ3n) is 8.67. The van der Waals surface area contributed by atoms with Crippen LogP contribution in [-0.4, -0.2) is 93.7 Å². The highest BCUT2D eigenvalue weighted by molar-refractivity contribution is 5.77. The molecule has 5 N–H and O–H groups in total. The summed E-state index contributed by atoms with van der Waals surface area (Å²) in [6, 6.07) is 28.4. The minimum absolute atomic E-state index is 0.0150. The first-order valence-electron chi connectivity index (χ1n) is 15.2. The summed E-state index contributed by atoms with van der Waals surface area (Å²) in [6.07, 6.45) is -7.42. The molecule has 11 nitrogen and oxygen atoms in total. The maximum Gasteiger partial charge on any atom is 0.288 e. The van der Waals surface area contributed by atoms with Crippen molar-refractivity contribution < 1.29 is 44.1 Å². The summed E-state index contributed by atoms with van der Waals surface area (Å²) in [5.74, 6) is 0. The van der Waals surface area contributed by atoms with E-state index in [2.05, 4.69) is 5.32 Å². The number of rotatable bonds is 11. The van der Waals surface area contributed by atoms with E-state index in [9.17, 15) is 20.4 Å². The van der Waals surface area contributed by atoms with Gasteiger partial charge < -0.3 is 49.4 Å². The second-order valence-electron chi connectivity index (χ2n) is 11.7. The molecule has 0 radical (unpaired) electrons. The number of amidine groups is 1. The summed E-state index contributed by atoms with van der Waals surface area (Å²) in [5.41, 5.74) is 0.902. The van der Waals surface area contributed by atoms with Crippen LogP contribution in [0.5, 0.6) is 0 Å². The molecule has 0 spiro atoms. The molecule has 2 aliphatic heterocycles.